The lowest BCUT2D eigenvalue weighted by Crippen LogP contribution is -2.47. The minimum absolute atomic E-state index is 0.658. The second-order valence-corrected chi connectivity index (χ2v) is 6.95. The molecule has 3 unspecified atom stereocenters. The number of likely N-dealkylation sites (tertiary alicyclic amines) is 1. The molecule has 0 bridgehead atoms. The van der Waals surface area contributed by atoms with Gasteiger partial charge in [0.1, 0.15) is 0 Å². The number of hydrogen-bond acceptors (Lipinski definition) is 2. The summed E-state index contributed by atoms with van der Waals surface area (Å²) in [6, 6.07) is 10.5. The Labute approximate surface area is 122 Å². The minimum atomic E-state index is 0.658. The van der Waals surface area contributed by atoms with Gasteiger partial charge in [-0.15, -0.1) is 0 Å². The van der Waals surface area contributed by atoms with Crippen LogP contribution in [0.1, 0.15) is 43.2 Å². The Balaban J connectivity index is 1.41. The third-order valence-corrected chi connectivity index (χ3v) is 5.75. The van der Waals surface area contributed by atoms with Crippen LogP contribution in [0.15, 0.2) is 24.3 Å². The van der Waals surface area contributed by atoms with Crippen LogP contribution in [-0.2, 0) is 13.0 Å². The van der Waals surface area contributed by atoms with Gasteiger partial charge in [-0.2, -0.15) is 0 Å². The first kappa shape index (κ1) is 12.8. The first-order valence-electron chi connectivity index (χ1n) is 8.44. The molecule has 3 aliphatic rings. The number of hydrogen-bond donors (Lipinski definition) is 1. The predicted octanol–water partition coefficient (Wildman–Crippen LogP) is 2.97. The molecule has 1 saturated heterocycles. The van der Waals surface area contributed by atoms with Crippen LogP contribution in [-0.4, -0.2) is 30.1 Å². The van der Waals surface area contributed by atoms with E-state index >= 15 is 0 Å². The first-order valence-corrected chi connectivity index (χ1v) is 8.44. The zero-order chi connectivity index (χ0) is 13.4. The third-order valence-electron chi connectivity index (χ3n) is 5.75. The maximum Gasteiger partial charge on any atom is 0.0238 e. The van der Waals surface area contributed by atoms with Crippen LogP contribution in [0.3, 0.4) is 0 Å². The Morgan fingerprint density at radius 1 is 1.05 bits per heavy atom. The second-order valence-electron chi connectivity index (χ2n) is 6.95. The molecular formula is C18H26N2. The molecule has 0 aromatic heterocycles. The molecule has 20 heavy (non-hydrogen) atoms. The first-order chi connectivity index (χ1) is 9.90. The zero-order valence-corrected chi connectivity index (χ0v) is 12.4. The maximum absolute atomic E-state index is 3.76. The number of rotatable bonds is 2. The van der Waals surface area contributed by atoms with Gasteiger partial charge in [0.25, 0.3) is 0 Å². The molecule has 0 amide bonds. The molecule has 108 valence electrons. The van der Waals surface area contributed by atoms with Gasteiger partial charge < -0.3 is 5.32 Å². The van der Waals surface area contributed by atoms with Crippen LogP contribution < -0.4 is 5.32 Å². The number of nitrogens with zero attached hydrogens (tertiary/aromatic N) is 1. The SMILES string of the molecule is c1ccc2c(c1)CNC(CN1CCC3CCCCC31)C2. The van der Waals surface area contributed by atoms with E-state index < -0.39 is 0 Å². The van der Waals surface area contributed by atoms with Crippen molar-refractivity contribution >= 4 is 0 Å². The highest BCUT2D eigenvalue weighted by Crippen LogP contribution is 2.36. The van der Waals surface area contributed by atoms with Crippen molar-refractivity contribution in [2.45, 2.75) is 57.2 Å². The molecule has 1 aliphatic carbocycles. The monoisotopic (exact) mass is 270 g/mol. The maximum atomic E-state index is 3.76. The summed E-state index contributed by atoms with van der Waals surface area (Å²) in [7, 11) is 0. The largest absolute Gasteiger partial charge is 0.308 e. The Kier molecular flexibility index (Phi) is 3.53. The molecule has 0 radical (unpaired) electrons. The van der Waals surface area contributed by atoms with E-state index in [2.05, 4.69) is 34.5 Å². The molecule has 1 N–H and O–H groups in total. The van der Waals surface area contributed by atoms with Gasteiger partial charge in [0, 0.05) is 25.2 Å². The minimum Gasteiger partial charge on any atom is -0.308 e. The quantitative estimate of drug-likeness (QED) is 0.889. The fourth-order valence-electron chi connectivity index (χ4n) is 4.66. The summed E-state index contributed by atoms with van der Waals surface area (Å²) in [5, 5.41) is 3.76. The van der Waals surface area contributed by atoms with Gasteiger partial charge in [0.15, 0.2) is 0 Å². The van der Waals surface area contributed by atoms with Crippen molar-refractivity contribution in [3.05, 3.63) is 35.4 Å². The van der Waals surface area contributed by atoms with Crippen molar-refractivity contribution in [3.63, 3.8) is 0 Å². The fourth-order valence-corrected chi connectivity index (χ4v) is 4.66. The molecule has 2 fully saturated rings. The molecule has 4 rings (SSSR count). The molecule has 1 aromatic rings. The number of benzene rings is 1. The van der Waals surface area contributed by atoms with E-state index in [-0.39, 0.29) is 0 Å². The highest BCUT2D eigenvalue weighted by Gasteiger charge is 2.36. The second kappa shape index (κ2) is 5.50. The van der Waals surface area contributed by atoms with E-state index in [0.29, 0.717) is 6.04 Å². The lowest BCUT2D eigenvalue weighted by Gasteiger charge is -2.35. The zero-order valence-electron chi connectivity index (χ0n) is 12.4. The number of fused-ring (bicyclic) bond motifs is 2. The van der Waals surface area contributed by atoms with Crippen molar-refractivity contribution < 1.29 is 0 Å². The van der Waals surface area contributed by atoms with Crippen LogP contribution >= 0.6 is 0 Å². The van der Waals surface area contributed by atoms with Crippen LogP contribution in [0, 0.1) is 5.92 Å². The fraction of sp³-hybridized carbons (Fsp3) is 0.667. The lowest BCUT2D eigenvalue weighted by atomic mass is 9.85. The highest BCUT2D eigenvalue weighted by molar-refractivity contribution is 5.30. The number of nitrogens with one attached hydrogen (secondary N) is 1. The normalized spacial score (nSPS) is 33.7. The van der Waals surface area contributed by atoms with E-state index in [1.807, 2.05) is 0 Å². The molecule has 2 aliphatic heterocycles. The average molecular weight is 270 g/mol. The van der Waals surface area contributed by atoms with Crippen molar-refractivity contribution in [2.75, 3.05) is 13.1 Å². The summed E-state index contributed by atoms with van der Waals surface area (Å²) in [6.45, 7) is 3.66. The topological polar surface area (TPSA) is 15.3 Å². The average Bonchev–Trinajstić information content (AvgIpc) is 2.91. The Morgan fingerprint density at radius 3 is 2.85 bits per heavy atom. The third kappa shape index (κ3) is 2.40. The van der Waals surface area contributed by atoms with Gasteiger partial charge >= 0.3 is 0 Å². The van der Waals surface area contributed by atoms with Gasteiger partial charge in [0.2, 0.25) is 0 Å². The highest BCUT2D eigenvalue weighted by atomic mass is 15.2. The van der Waals surface area contributed by atoms with Crippen LogP contribution in [0.5, 0.6) is 0 Å². The Morgan fingerprint density at radius 2 is 1.90 bits per heavy atom. The molecule has 2 heteroatoms. The summed E-state index contributed by atoms with van der Waals surface area (Å²) >= 11 is 0. The Bertz CT molecular complexity index is 470. The van der Waals surface area contributed by atoms with Crippen LogP contribution in [0.25, 0.3) is 0 Å². The van der Waals surface area contributed by atoms with Crippen molar-refractivity contribution in [1.29, 1.82) is 0 Å². The van der Waals surface area contributed by atoms with E-state index in [4.69, 9.17) is 0 Å². The molecule has 2 heterocycles. The smallest absolute Gasteiger partial charge is 0.0238 e. The molecule has 0 spiro atoms. The van der Waals surface area contributed by atoms with Gasteiger partial charge in [-0.3, -0.25) is 4.90 Å². The van der Waals surface area contributed by atoms with E-state index in [9.17, 15) is 0 Å². The van der Waals surface area contributed by atoms with Crippen molar-refractivity contribution in [2.24, 2.45) is 5.92 Å². The van der Waals surface area contributed by atoms with Gasteiger partial charge in [-0.05, 0) is 49.3 Å². The lowest BCUT2D eigenvalue weighted by molar-refractivity contribution is 0.164. The summed E-state index contributed by atoms with van der Waals surface area (Å²) in [6.07, 6.45) is 8.54. The Hall–Kier alpha value is -0.860. The molecule has 2 nitrogen and oxygen atoms in total. The standard InChI is InChI=1S/C18H26N2/c1-2-7-16-12-19-17(11-15(16)6-1)13-20-10-9-14-5-3-4-8-18(14)20/h1-2,6-7,14,17-19H,3-5,8-13H2. The van der Waals surface area contributed by atoms with Gasteiger partial charge in [-0.1, -0.05) is 37.1 Å². The predicted molar refractivity (Wildman–Crippen MR) is 82.7 cm³/mol. The molecule has 3 atom stereocenters. The summed E-state index contributed by atoms with van der Waals surface area (Å²) in [5.74, 6) is 1.01. The van der Waals surface area contributed by atoms with E-state index in [0.717, 1.165) is 18.5 Å². The molecule has 1 aromatic carbocycles. The van der Waals surface area contributed by atoms with Crippen LogP contribution in [0.2, 0.25) is 0 Å². The van der Waals surface area contributed by atoms with Crippen molar-refractivity contribution in [1.82, 2.24) is 10.2 Å². The summed E-state index contributed by atoms with van der Waals surface area (Å²) in [5.41, 5.74) is 3.07. The van der Waals surface area contributed by atoms with E-state index in [1.165, 1.54) is 57.2 Å². The van der Waals surface area contributed by atoms with Gasteiger partial charge in [0.05, 0.1) is 0 Å². The van der Waals surface area contributed by atoms with Gasteiger partial charge in [-0.25, -0.2) is 0 Å². The van der Waals surface area contributed by atoms with Crippen LogP contribution in [0.4, 0.5) is 0 Å². The van der Waals surface area contributed by atoms with Crippen molar-refractivity contribution in [3.8, 4) is 0 Å². The summed E-state index contributed by atoms with van der Waals surface area (Å²) in [4.78, 5) is 2.80. The molecular weight excluding hydrogens is 244 g/mol. The summed E-state index contributed by atoms with van der Waals surface area (Å²) < 4.78 is 0. The molecule has 1 saturated carbocycles. The van der Waals surface area contributed by atoms with E-state index in [1.54, 1.807) is 5.56 Å².